The van der Waals surface area contributed by atoms with E-state index in [1.807, 2.05) is 120 Å². The van der Waals surface area contributed by atoms with Crippen molar-refractivity contribution >= 4 is 61.7 Å². The van der Waals surface area contributed by atoms with E-state index in [0.717, 1.165) is 32.9 Å². The van der Waals surface area contributed by atoms with Crippen molar-refractivity contribution in [1.82, 2.24) is 14.1 Å². The Balaban J connectivity index is 1.23. The van der Waals surface area contributed by atoms with Gasteiger partial charge in [0, 0.05) is 31.3 Å². The minimum atomic E-state index is -6.07. The molecule has 13 rings (SSSR count). The van der Waals surface area contributed by atoms with Crippen LogP contribution in [0.15, 0.2) is 248 Å². The molecule has 5 nitrogen and oxygen atoms in total. The van der Waals surface area contributed by atoms with Crippen molar-refractivity contribution in [3.63, 3.8) is 0 Å². The highest BCUT2D eigenvalue weighted by atomic mass is 28.3. The summed E-state index contributed by atoms with van der Waals surface area (Å²) in [7, 11) is -6.07. The van der Waals surface area contributed by atoms with Gasteiger partial charge < -0.3 is 4.74 Å². The first-order chi connectivity index (χ1) is 50.0. The van der Waals surface area contributed by atoms with Crippen LogP contribution < -0.4 is 30.1 Å². The zero-order valence-corrected chi connectivity index (χ0v) is 50.2. The lowest BCUT2D eigenvalue weighted by Crippen LogP contribution is -2.76. The molecular formula is C80H74N4OSi. The fraction of sp³-hybridized carbons (Fsp3) is 0.175. The molecule has 10 aromatic carbocycles. The average Bonchev–Trinajstić information content (AvgIpc) is 0.912. The number of imidazole rings is 1. The Morgan fingerprint density at radius 1 is 0.500 bits per heavy atom. The van der Waals surface area contributed by atoms with Gasteiger partial charge in [-0.3, -0.25) is 13.7 Å². The summed E-state index contributed by atoms with van der Waals surface area (Å²) < 4.78 is 211. The second-order valence-electron chi connectivity index (χ2n) is 24.7. The molecule has 3 heterocycles. The predicted octanol–water partition coefficient (Wildman–Crippen LogP) is 17.2. The van der Waals surface area contributed by atoms with E-state index < -0.39 is 139 Å². The van der Waals surface area contributed by atoms with Crippen LogP contribution in [0, 0.1) is 20.0 Å². The molecule has 0 saturated carbocycles. The molecule has 0 bridgehead atoms. The smallest absolute Gasteiger partial charge is 0.269 e. The molecule has 0 spiro atoms. The third kappa shape index (κ3) is 9.95. The first kappa shape index (κ1) is 36.5. The molecule has 86 heavy (non-hydrogen) atoms. The van der Waals surface area contributed by atoms with Crippen molar-refractivity contribution in [2.24, 2.45) is 0 Å². The van der Waals surface area contributed by atoms with E-state index in [2.05, 4.69) is 37.7 Å². The second-order valence-corrected chi connectivity index (χ2v) is 28.3. The Hall–Kier alpha value is -9.36. The summed E-state index contributed by atoms with van der Waals surface area (Å²) in [5, 5.41) is -0.438. The van der Waals surface area contributed by atoms with Gasteiger partial charge in [0.15, 0.2) is 8.07 Å². The van der Waals surface area contributed by atoms with Gasteiger partial charge in [0.1, 0.15) is 17.3 Å². The van der Waals surface area contributed by atoms with Crippen LogP contribution in [0.25, 0.3) is 72.3 Å². The molecule has 3 aromatic heterocycles. The highest BCUT2D eigenvalue weighted by molar-refractivity contribution is 7.20. The number of nitrogens with zero attached hydrogens (tertiary/aromatic N) is 4. The Kier molecular flexibility index (Phi) is 9.17. The summed E-state index contributed by atoms with van der Waals surface area (Å²) in [6.07, 6.45) is 5.39. The molecule has 6 heteroatoms. The van der Waals surface area contributed by atoms with Crippen molar-refractivity contribution in [1.29, 1.82) is 0 Å². The molecule has 0 N–H and O–H groups in total. The van der Waals surface area contributed by atoms with Crippen molar-refractivity contribution in [2.45, 2.75) is 92.3 Å². The number of benzene rings is 10. The molecule has 0 saturated heterocycles. The number of aromatic nitrogens is 4. The molecule has 0 atom stereocenters. The minimum absolute atomic E-state index is 0.0395. The van der Waals surface area contributed by atoms with Crippen LogP contribution in [0.2, 0.25) is 0 Å². The lowest BCUT2D eigenvalue weighted by molar-refractivity contribution is -0.570. The van der Waals surface area contributed by atoms with Crippen molar-refractivity contribution in [2.75, 3.05) is 0 Å². The summed E-state index contributed by atoms with van der Waals surface area (Å²) >= 11 is 0. The summed E-state index contributed by atoms with van der Waals surface area (Å²) in [4.78, 5) is 4.88. The van der Waals surface area contributed by atoms with Gasteiger partial charge >= 0.3 is 0 Å². The van der Waals surface area contributed by atoms with Crippen molar-refractivity contribution < 1.29 is 38.1 Å². The summed E-state index contributed by atoms with van der Waals surface area (Å²) in [6.45, 7) is 12.3. The zero-order chi connectivity index (χ0) is 77.8. The summed E-state index contributed by atoms with van der Waals surface area (Å²) in [5.41, 5.74) is 3.08. The predicted molar refractivity (Wildman–Crippen MR) is 362 cm³/mol. The first-order valence-corrected chi connectivity index (χ1v) is 30.4. The van der Waals surface area contributed by atoms with Gasteiger partial charge in [-0.05, 0) is 155 Å². The van der Waals surface area contributed by atoms with Gasteiger partial charge in [0.05, 0.1) is 54.0 Å². The number of pyridine rings is 1. The zero-order valence-electron chi connectivity index (χ0n) is 70.2. The number of rotatable bonds is 11. The molecule has 0 unspecified atom stereocenters. The van der Waals surface area contributed by atoms with Gasteiger partial charge in [0.25, 0.3) is 6.33 Å². The maximum Gasteiger partial charge on any atom is 0.269 e. The highest BCUT2D eigenvalue weighted by Gasteiger charge is 2.45. The van der Waals surface area contributed by atoms with Gasteiger partial charge in [-0.25, -0.2) is 4.98 Å². The van der Waals surface area contributed by atoms with Gasteiger partial charge in [-0.1, -0.05) is 244 Å². The number of hydrogen-bond donors (Lipinski definition) is 0. The number of para-hydroxylation sites is 1. The molecule has 0 aliphatic rings. The van der Waals surface area contributed by atoms with Crippen molar-refractivity contribution in [3.05, 3.63) is 283 Å². The third-order valence-electron chi connectivity index (χ3n) is 16.1. The Morgan fingerprint density at radius 3 is 1.76 bits per heavy atom. The maximum atomic E-state index is 10.2. The maximum absolute atomic E-state index is 10.2. The van der Waals surface area contributed by atoms with Gasteiger partial charge in [0.2, 0.25) is 0 Å². The van der Waals surface area contributed by atoms with Crippen LogP contribution in [0.5, 0.6) is 11.5 Å². The minimum Gasteiger partial charge on any atom is -0.458 e. The van der Waals surface area contributed by atoms with Crippen molar-refractivity contribution in [3.8, 4) is 50.9 Å². The Labute approximate surface area is 538 Å². The van der Waals surface area contributed by atoms with E-state index in [-0.39, 0.29) is 60.9 Å². The quantitative estimate of drug-likeness (QED) is 0.0560. The van der Waals surface area contributed by atoms with Crippen LogP contribution in [0.4, 0.5) is 0 Å². The molecule has 0 aliphatic carbocycles. The topological polar surface area (TPSA) is 35.9 Å². The monoisotopic (exact) mass is 1160 g/mol. The molecule has 0 radical (unpaired) electrons. The normalized spacial score (nSPS) is 16.1. The lowest BCUT2D eigenvalue weighted by atomic mass is 9.83. The van der Waals surface area contributed by atoms with Gasteiger partial charge in [-0.2, -0.15) is 0 Å². The Bertz CT molecular complexity index is 5590. The van der Waals surface area contributed by atoms with E-state index in [0.29, 0.717) is 28.4 Å². The van der Waals surface area contributed by atoms with E-state index in [1.54, 1.807) is 57.8 Å². The fourth-order valence-electron chi connectivity index (χ4n) is 11.6. The van der Waals surface area contributed by atoms with E-state index in [1.165, 1.54) is 24.3 Å². The lowest BCUT2D eigenvalue weighted by Gasteiger charge is -2.38. The molecule has 0 amide bonds. The van der Waals surface area contributed by atoms with Crippen LogP contribution in [0.3, 0.4) is 0 Å². The van der Waals surface area contributed by atoms with Crippen LogP contribution in [-0.2, 0) is 16.2 Å². The van der Waals surface area contributed by atoms with E-state index in [4.69, 9.17) is 22.1 Å². The number of hydrogen-bond acceptors (Lipinski definition) is 2. The van der Waals surface area contributed by atoms with E-state index in [9.17, 15) is 16.4 Å². The van der Waals surface area contributed by atoms with Crippen LogP contribution >= 0.6 is 0 Å². The number of fused-ring (bicyclic) bond motifs is 4. The molecule has 0 fully saturated rings. The van der Waals surface area contributed by atoms with E-state index >= 15 is 0 Å². The fourth-order valence-corrected chi connectivity index (χ4v) is 15.7. The SMILES string of the molecule is [2H]c1c([2H])c([2H])c([Si](c2cc(C(C)(C)C)cc(-c3cccc(C(C)(C)C)c3)c2-[n+]2[c-]n(-c3cccc(Oc4ccc5c6ccccc6n(-c6cc(C(C)(C)C)ccn6)c5c4)c3)c3cc(-c4c(C([2H])([2H])[2H])cccc4C([2H])([2H])[2H])ccc32)(c2c([2H])c([2H])c([2H])c([2H])c2[2H])c2c([2H])c([2H])c([2H])c([2H])c2[2H])c([2H])c1[2H]. The first-order valence-electron chi connectivity index (χ1n) is 38.9. The molecule has 13 aromatic rings. The summed E-state index contributed by atoms with van der Waals surface area (Å²) in [5.74, 6) is 1.40. The average molecular weight is 1160 g/mol. The number of ether oxygens (including phenoxy) is 1. The van der Waals surface area contributed by atoms with Crippen LogP contribution in [0.1, 0.15) is 119 Å². The number of aryl methyl sites for hydroxylation is 2. The van der Waals surface area contributed by atoms with Gasteiger partial charge in [-0.15, -0.1) is 0 Å². The standard InChI is InChI=1S/C80H74N4OSi/c1-54-26-23-27-55(2)76(54)57-40-43-71-73(47-57)82(61-30-25-31-62(51-61)85-63-41-42-68-67-38-21-22-39-70(67)84(72(68)52-63)75-50-59(44-45-81-75)79(6,7)8)53-83(71)77-69(56-28-24-29-58(46-56)78(3,4)5)48-60(80(9,10)11)49-74(77)86(64-32-15-12-16-33-64,65-34-17-13-18-35-65)66-36-19-14-20-37-66/h12-52H,1-11H3/i1D3,2D3,12D,13D,14D,15D,16D,17D,18D,19D,20D,32D,33D,34D,35D,36D,37D. The molecular weight excluding hydrogens is 1060 g/mol. The Morgan fingerprint density at radius 2 is 1.10 bits per heavy atom. The second kappa shape index (κ2) is 21.6. The third-order valence-corrected chi connectivity index (χ3v) is 20.3. The summed E-state index contributed by atoms with van der Waals surface area (Å²) in [6, 6.07) is 30.3. The molecule has 0 aliphatic heterocycles. The largest absolute Gasteiger partial charge is 0.458 e. The molecule has 424 valence electrons. The van der Waals surface area contributed by atoms with Crippen LogP contribution in [-0.4, -0.2) is 22.2 Å². The highest BCUT2D eigenvalue weighted by Crippen LogP contribution is 2.39.